The quantitative estimate of drug-likeness (QED) is 0.761. The van der Waals surface area contributed by atoms with E-state index in [1.165, 1.54) is 11.3 Å². The number of carbonyl (C=O) groups excluding carboxylic acids is 3. The molecule has 2 amide bonds. The lowest BCUT2D eigenvalue weighted by molar-refractivity contribution is -0.128. The molecule has 1 aliphatic heterocycles. The van der Waals surface area contributed by atoms with Crippen molar-refractivity contribution in [3.8, 4) is 0 Å². The van der Waals surface area contributed by atoms with E-state index in [0.717, 1.165) is 0 Å². The van der Waals surface area contributed by atoms with Gasteiger partial charge in [-0.05, 0) is 36.1 Å². The van der Waals surface area contributed by atoms with Crippen molar-refractivity contribution >= 4 is 28.9 Å². The molecule has 0 spiro atoms. The molecule has 2 heterocycles. The molecule has 3 atom stereocenters. The van der Waals surface area contributed by atoms with Crippen molar-refractivity contribution in [2.45, 2.75) is 59.2 Å². The zero-order chi connectivity index (χ0) is 19.5. The van der Waals surface area contributed by atoms with Crippen molar-refractivity contribution in [2.75, 3.05) is 6.61 Å². The van der Waals surface area contributed by atoms with Crippen LogP contribution >= 0.6 is 11.3 Å². The van der Waals surface area contributed by atoms with Gasteiger partial charge in [0.1, 0.15) is 18.7 Å². The molecular formula is C19H28N2O4S. The number of ether oxygens (including phenoxy) is 1. The Balaban J connectivity index is 2.14. The summed E-state index contributed by atoms with van der Waals surface area (Å²) in [5.41, 5.74) is 0.370. The summed E-state index contributed by atoms with van der Waals surface area (Å²) in [6.45, 7) is 10.1. The van der Waals surface area contributed by atoms with Gasteiger partial charge in [0.25, 0.3) is 5.91 Å². The Morgan fingerprint density at radius 2 is 2.08 bits per heavy atom. The Kier molecular flexibility index (Phi) is 6.58. The first-order valence-electron chi connectivity index (χ1n) is 8.89. The SMILES string of the molecule is CC(C)C(C)(C)C[C@H](NC(=O)c1ccsc1)C(=O)N[C@@H]1C(=O)CO[C@H]1C. The van der Waals surface area contributed by atoms with Crippen LogP contribution in [-0.4, -0.2) is 42.4 Å². The van der Waals surface area contributed by atoms with Crippen molar-refractivity contribution in [1.29, 1.82) is 0 Å². The molecule has 1 aliphatic rings. The molecule has 0 bridgehead atoms. The third-order valence-electron chi connectivity index (χ3n) is 5.30. The average molecular weight is 381 g/mol. The highest BCUT2D eigenvalue weighted by molar-refractivity contribution is 7.08. The Morgan fingerprint density at radius 1 is 1.38 bits per heavy atom. The second-order valence-electron chi connectivity index (χ2n) is 7.85. The van der Waals surface area contributed by atoms with Crippen LogP contribution in [0.5, 0.6) is 0 Å². The monoisotopic (exact) mass is 380 g/mol. The molecule has 0 radical (unpaired) electrons. The summed E-state index contributed by atoms with van der Waals surface area (Å²) in [6, 6.07) is 0.338. The van der Waals surface area contributed by atoms with Crippen LogP contribution in [0.2, 0.25) is 0 Å². The predicted octanol–water partition coefficient (Wildman–Crippen LogP) is 2.39. The van der Waals surface area contributed by atoms with Crippen LogP contribution < -0.4 is 10.6 Å². The molecule has 0 saturated carbocycles. The van der Waals surface area contributed by atoms with Gasteiger partial charge in [-0.3, -0.25) is 14.4 Å². The molecule has 6 nitrogen and oxygen atoms in total. The number of rotatable bonds is 7. The van der Waals surface area contributed by atoms with Gasteiger partial charge in [-0.1, -0.05) is 27.7 Å². The Hall–Kier alpha value is -1.73. The highest BCUT2D eigenvalue weighted by Gasteiger charge is 2.37. The first-order chi connectivity index (χ1) is 12.1. The molecule has 26 heavy (non-hydrogen) atoms. The van der Waals surface area contributed by atoms with Crippen LogP contribution in [0.1, 0.15) is 51.4 Å². The first-order valence-corrected chi connectivity index (χ1v) is 9.84. The fourth-order valence-corrected chi connectivity index (χ4v) is 3.36. The summed E-state index contributed by atoms with van der Waals surface area (Å²) >= 11 is 1.43. The Morgan fingerprint density at radius 3 is 2.58 bits per heavy atom. The maximum Gasteiger partial charge on any atom is 0.252 e. The van der Waals surface area contributed by atoms with Gasteiger partial charge in [0.2, 0.25) is 5.91 Å². The van der Waals surface area contributed by atoms with Crippen LogP contribution in [0, 0.1) is 11.3 Å². The molecule has 0 aliphatic carbocycles. The molecule has 1 fully saturated rings. The molecular weight excluding hydrogens is 352 g/mol. The molecule has 0 aromatic carbocycles. The minimum atomic E-state index is -0.722. The summed E-state index contributed by atoms with van der Waals surface area (Å²) in [6.07, 6.45) is 0.112. The summed E-state index contributed by atoms with van der Waals surface area (Å²) in [4.78, 5) is 37.3. The normalized spacial score (nSPS) is 21.7. The molecule has 2 rings (SSSR count). The van der Waals surface area contributed by atoms with Crippen molar-refractivity contribution < 1.29 is 19.1 Å². The number of amides is 2. The highest BCUT2D eigenvalue weighted by Crippen LogP contribution is 2.31. The lowest BCUT2D eigenvalue weighted by atomic mass is 9.76. The summed E-state index contributed by atoms with van der Waals surface area (Å²) in [5.74, 6) is -0.450. The number of thiophene rings is 1. The lowest BCUT2D eigenvalue weighted by Crippen LogP contribution is -2.54. The number of nitrogens with one attached hydrogen (secondary N) is 2. The number of Topliss-reactive ketones (excluding diaryl/α,β-unsaturated/α-hetero) is 1. The van der Waals surface area contributed by atoms with Crippen molar-refractivity contribution in [1.82, 2.24) is 10.6 Å². The van der Waals surface area contributed by atoms with E-state index in [0.29, 0.717) is 17.9 Å². The summed E-state index contributed by atoms with van der Waals surface area (Å²) in [5, 5.41) is 9.16. The summed E-state index contributed by atoms with van der Waals surface area (Å²) in [7, 11) is 0. The summed E-state index contributed by atoms with van der Waals surface area (Å²) < 4.78 is 5.29. The van der Waals surface area contributed by atoms with Crippen LogP contribution in [0.4, 0.5) is 0 Å². The van der Waals surface area contributed by atoms with E-state index in [2.05, 4.69) is 38.3 Å². The van der Waals surface area contributed by atoms with E-state index in [9.17, 15) is 14.4 Å². The van der Waals surface area contributed by atoms with E-state index >= 15 is 0 Å². The van der Waals surface area contributed by atoms with Gasteiger partial charge in [-0.2, -0.15) is 11.3 Å². The molecule has 1 saturated heterocycles. The van der Waals surface area contributed by atoms with Crippen molar-refractivity contribution in [3.63, 3.8) is 0 Å². The fraction of sp³-hybridized carbons (Fsp3) is 0.632. The number of hydrogen-bond donors (Lipinski definition) is 2. The van der Waals surface area contributed by atoms with Gasteiger partial charge < -0.3 is 15.4 Å². The first kappa shape index (κ1) is 20.6. The van der Waals surface area contributed by atoms with E-state index < -0.39 is 12.1 Å². The second kappa shape index (κ2) is 8.31. The topological polar surface area (TPSA) is 84.5 Å². The van der Waals surface area contributed by atoms with Crippen LogP contribution in [0.15, 0.2) is 16.8 Å². The lowest BCUT2D eigenvalue weighted by Gasteiger charge is -2.33. The van der Waals surface area contributed by atoms with E-state index in [-0.39, 0.29) is 35.7 Å². The Bertz CT molecular complexity index is 655. The van der Waals surface area contributed by atoms with E-state index in [4.69, 9.17) is 4.74 Å². The number of hydrogen-bond acceptors (Lipinski definition) is 5. The van der Waals surface area contributed by atoms with Crippen LogP contribution in [0.25, 0.3) is 0 Å². The van der Waals surface area contributed by atoms with Crippen molar-refractivity contribution in [2.24, 2.45) is 11.3 Å². The van der Waals surface area contributed by atoms with Gasteiger partial charge in [0.05, 0.1) is 11.7 Å². The second-order valence-corrected chi connectivity index (χ2v) is 8.63. The minimum absolute atomic E-state index is 0.00945. The zero-order valence-corrected chi connectivity index (χ0v) is 16.8. The molecule has 1 aromatic rings. The number of carbonyl (C=O) groups is 3. The van der Waals surface area contributed by atoms with Gasteiger partial charge in [-0.25, -0.2) is 0 Å². The van der Waals surface area contributed by atoms with Crippen molar-refractivity contribution in [3.05, 3.63) is 22.4 Å². The third kappa shape index (κ3) is 4.92. The fourth-order valence-electron chi connectivity index (χ4n) is 2.72. The third-order valence-corrected chi connectivity index (χ3v) is 5.98. The smallest absolute Gasteiger partial charge is 0.252 e. The minimum Gasteiger partial charge on any atom is -0.368 e. The molecule has 2 N–H and O–H groups in total. The largest absolute Gasteiger partial charge is 0.368 e. The van der Waals surface area contributed by atoms with Gasteiger partial charge >= 0.3 is 0 Å². The zero-order valence-electron chi connectivity index (χ0n) is 16.0. The van der Waals surface area contributed by atoms with Gasteiger partial charge in [0, 0.05) is 5.38 Å². The van der Waals surface area contributed by atoms with Crippen LogP contribution in [-0.2, 0) is 14.3 Å². The molecule has 7 heteroatoms. The Labute approximate surface area is 158 Å². The molecule has 144 valence electrons. The van der Waals surface area contributed by atoms with E-state index in [1.807, 2.05) is 5.38 Å². The average Bonchev–Trinajstić information content (AvgIpc) is 3.19. The van der Waals surface area contributed by atoms with E-state index in [1.54, 1.807) is 18.4 Å². The van der Waals surface area contributed by atoms with Gasteiger partial charge in [0.15, 0.2) is 5.78 Å². The van der Waals surface area contributed by atoms with Gasteiger partial charge in [-0.15, -0.1) is 0 Å². The predicted molar refractivity (Wildman–Crippen MR) is 101 cm³/mol. The highest BCUT2D eigenvalue weighted by atomic mass is 32.1. The maximum absolute atomic E-state index is 12.9. The molecule has 0 unspecified atom stereocenters. The van der Waals surface area contributed by atoms with Crippen LogP contribution in [0.3, 0.4) is 0 Å². The standard InChI is InChI=1S/C19H28N2O4S/c1-11(2)19(4,5)8-14(20-17(23)13-6-7-26-10-13)18(24)21-16-12(3)25-9-15(16)22/h6-7,10-12,14,16H,8-9H2,1-5H3,(H,20,23)(H,21,24)/t12-,14-,16-/m0/s1. The maximum atomic E-state index is 12.9. The number of ketones is 1. The molecule has 1 aromatic heterocycles.